The van der Waals surface area contributed by atoms with E-state index in [2.05, 4.69) is 56.8 Å². The van der Waals surface area contributed by atoms with Crippen molar-refractivity contribution in [2.45, 2.75) is 142 Å². The van der Waals surface area contributed by atoms with E-state index in [1.807, 2.05) is 0 Å². The molecule has 0 heterocycles. The fraction of sp³-hybridized carbons (Fsp3) is 0.758. The summed E-state index contributed by atoms with van der Waals surface area (Å²) in [6, 6.07) is 11.3. The molecule has 0 fully saturated rings. The fourth-order valence-corrected chi connectivity index (χ4v) is 12.5. The quantitative estimate of drug-likeness (QED) is 0.0680. The second-order valence-electron chi connectivity index (χ2n) is 11.4. The SMILES string of the molecule is C=CCCCCCCCCP(Cl)(CCCCCCCC)(CCCCCCCC)Cc1ccccc1. The van der Waals surface area contributed by atoms with Gasteiger partial charge in [0.2, 0.25) is 0 Å². The molecule has 0 amide bonds. The van der Waals surface area contributed by atoms with E-state index in [0.29, 0.717) is 0 Å². The Hall–Kier alpha value is -0.320. The van der Waals surface area contributed by atoms with Gasteiger partial charge in [0.25, 0.3) is 0 Å². The van der Waals surface area contributed by atoms with Gasteiger partial charge in [0, 0.05) is 0 Å². The Kier molecular flexibility index (Phi) is 19.3. The van der Waals surface area contributed by atoms with Gasteiger partial charge in [0.1, 0.15) is 0 Å². The summed E-state index contributed by atoms with van der Waals surface area (Å²) in [5, 5.41) is 0. The van der Waals surface area contributed by atoms with Crippen LogP contribution in [0.2, 0.25) is 0 Å². The van der Waals surface area contributed by atoms with Gasteiger partial charge in [-0.1, -0.05) is 0 Å². The first-order chi connectivity index (χ1) is 17.1. The van der Waals surface area contributed by atoms with Gasteiger partial charge >= 0.3 is 226 Å². The molecule has 1 aromatic rings. The van der Waals surface area contributed by atoms with Crippen LogP contribution < -0.4 is 0 Å². The molecule has 0 aliphatic rings. The molecule has 0 radical (unpaired) electrons. The molecule has 0 saturated heterocycles. The maximum atomic E-state index is 8.11. The van der Waals surface area contributed by atoms with Gasteiger partial charge in [-0.3, -0.25) is 0 Å². The summed E-state index contributed by atoms with van der Waals surface area (Å²) in [6.45, 7) is 8.48. The zero-order valence-electron chi connectivity index (χ0n) is 23.8. The predicted molar refractivity (Wildman–Crippen MR) is 167 cm³/mol. The van der Waals surface area contributed by atoms with Crippen molar-refractivity contribution in [3.8, 4) is 0 Å². The average molecular weight is 523 g/mol. The van der Waals surface area contributed by atoms with Crippen LogP contribution >= 0.6 is 17.2 Å². The first-order valence-corrected chi connectivity index (χ1v) is 19.3. The second-order valence-corrected chi connectivity index (χ2v) is 19.5. The van der Waals surface area contributed by atoms with Crippen LogP contribution in [0.1, 0.15) is 141 Å². The summed E-state index contributed by atoms with van der Waals surface area (Å²) < 4.78 is 0. The number of rotatable bonds is 25. The Bertz CT molecular complexity index is 595. The van der Waals surface area contributed by atoms with Gasteiger partial charge in [0.05, 0.1) is 0 Å². The number of halogens is 1. The minimum atomic E-state index is -2.30. The van der Waals surface area contributed by atoms with E-state index in [9.17, 15) is 0 Å². The predicted octanol–water partition coefficient (Wildman–Crippen LogP) is 12.5. The monoisotopic (exact) mass is 522 g/mol. The molecule has 1 rings (SSSR count). The third-order valence-electron chi connectivity index (χ3n) is 7.94. The van der Waals surface area contributed by atoms with E-state index >= 15 is 0 Å². The number of benzene rings is 1. The van der Waals surface area contributed by atoms with Gasteiger partial charge in [0.15, 0.2) is 0 Å². The second kappa shape index (κ2) is 20.7. The molecular formula is C33H60ClP. The number of hydrogen-bond donors (Lipinski definition) is 0. The molecule has 0 N–H and O–H groups in total. The van der Waals surface area contributed by atoms with Crippen LogP contribution in [0.5, 0.6) is 0 Å². The van der Waals surface area contributed by atoms with Crippen molar-refractivity contribution in [2.24, 2.45) is 0 Å². The first-order valence-electron chi connectivity index (χ1n) is 15.4. The molecule has 0 nitrogen and oxygen atoms in total. The average Bonchev–Trinajstić information content (AvgIpc) is 2.86. The van der Waals surface area contributed by atoms with Crippen LogP contribution in [0.15, 0.2) is 43.0 Å². The van der Waals surface area contributed by atoms with Crippen LogP contribution in [0.4, 0.5) is 0 Å². The molecule has 0 atom stereocenters. The van der Waals surface area contributed by atoms with Gasteiger partial charge in [-0.25, -0.2) is 0 Å². The Balaban J connectivity index is 2.80. The summed E-state index contributed by atoms with van der Waals surface area (Å²) >= 11 is 8.11. The van der Waals surface area contributed by atoms with Crippen LogP contribution in [0.25, 0.3) is 0 Å². The standard InChI is InChI=1S/C33H60ClP/c1-4-7-10-13-16-17-20-26-31-35(34,29-24-18-14-11-8-5-2,30-25-19-15-12-9-6-3)32-33-27-22-21-23-28-33/h4,21-23,27-28H,1,5-20,24-26,29-32H2,2-3H3. The Labute approximate surface area is 225 Å². The number of unbranched alkanes of at least 4 members (excludes halogenated alkanes) is 16. The maximum absolute atomic E-state index is 8.11. The fourth-order valence-electron chi connectivity index (χ4n) is 5.69. The van der Waals surface area contributed by atoms with Gasteiger partial charge < -0.3 is 0 Å². The summed E-state index contributed by atoms with van der Waals surface area (Å²) in [5.41, 5.74) is 1.49. The summed E-state index contributed by atoms with van der Waals surface area (Å²) in [7, 11) is 0. The molecule has 0 saturated carbocycles. The van der Waals surface area contributed by atoms with Crippen molar-refractivity contribution >= 4 is 17.2 Å². The van der Waals surface area contributed by atoms with E-state index in [1.54, 1.807) is 0 Å². The van der Waals surface area contributed by atoms with Gasteiger partial charge in [-0.15, -0.1) is 0 Å². The Morgan fingerprint density at radius 3 is 1.43 bits per heavy atom. The van der Waals surface area contributed by atoms with Gasteiger partial charge in [-0.05, 0) is 0 Å². The molecule has 1 aromatic carbocycles. The molecule has 204 valence electrons. The summed E-state index contributed by atoms with van der Waals surface area (Å²) in [5.74, 6) is -2.30. The first kappa shape index (κ1) is 32.7. The zero-order chi connectivity index (χ0) is 25.5. The molecule has 0 bridgehead atoms. The van der Waals surface area contributed by atoms with E-state index in [0.717, 1.165) is 6.16 Å². The molecular weight excluding hydrogens is 463 g/mol. The number of allylic oxidation sites excluding steroid dienone is 1. The molecule has 0 unspecified atom stereocenters. The summed E-state index contributed by atoms with van der Waals surface area (Å²) in [6.07, 6.45) is 32.9. The van der Waals surface area contributed by atoms with Crippen molar-refractivity contribution in [3.05, 3.63) is 48.6 Å². The summed E-state index contributed by atoms with van der Waals surface area (Å²) in [4.78, 5) is 0. The topological polar surface area (TPSA) is 0 Å². The van der Waals surface area contributed by atoms with Crippen molar-refractivity contribution in [2.75, 3.05) is 18.5 Å². The van der Waals surface area contributed by atoms with Crippen molar-refractivity contribution in [1.82, 2.24) is 0 Å². The molecule has 0 aliphatic carbocycles. The Morgan fingerprint density at radius 1 is 0.600 bits per heavy atom. The van der Waals surface area contributed by atoms with Crippen LogP contribution in [-0.4, -0.2) is 18.5 Å². The van der Waals surface area contributed by atoms with Crippen molar-refractivity contribution < 1.29 is 0 Å². The van der Waals surface area contributed by atoms with E-state index in [1.165, 1.54) is 146 Å². The van der Waals surface area contributed by atoms with Crippen molar-refractivity contribution in [3.63, 3.8) is 0 Å². The third kappa shape index (κ3) is 16.2. The molecule has 0 aliphatic heterocycles. The van der Waals surface area contributed by atoms with E-state index in [4.69, 9.17) is 11.2 Å². The molecule has 35 heavy (non-hydrogen) atoms. The zero-order valence-corrected chi connectivity index (χ0v) is 25.4. The van der Waals surface area contributed by atoms with Crippen molar-refractivity contribution in [1.29, 1.82) is 0 Å². The third-order valence-corrected chi connectivity index (χ3v) is 15.3. The van der Waals surface area contributed by atoms with Crippen LogP contribution in [-0.2, 0) is 6.16 Å². The number of hydrogen-bond acceptors (Lipinski definition) is 0. The van der Waals surface area contributed by atoms with E-state index in [-0.39, 0.29) is 0 Å². The van der Waals surface area contributed by atoms with E-state index < -0.39 is 5.96 Å². The van der Waals surface area contributed by atoms with Crippen LogP contribution in [0.3, 0.4) is 0 Å². The molecule has 0 spiro atoms. The minimum absolute atomic E-state index is 1.16. The van der Waals surface area contributed by atoms with Gasteiger partial charge in [-0.2, -0.15) is 0 Å². The Morgan fingerprint density at radius 2 is 1.00 bits per heavy atom. The van der Waals surface area contributed by atoms with Crippen LogP contribution in [0, 0.1) is 0 Å². The molecule has 2 heteroatoms. The normalized spacial score (nSPS) is 12.9. The molecule has 0 aromatic heterocycles.